The van der Waals surface area contributed by atoms with E-state index in [4.69, 9.17) is 5.11 Å². The van der Waals surface area contributed by atoms with Crippen molar-refractivity contribution in [3.8, 4) is 11.8 Å². The molecule has 5 nitrogen and oxygen atoms in total. The van der Waals surface area contributed by atoms with E-state index < -0.39 is 0 Å². The lowest BCUT2D eigenvalue weighted by Gasteiger charge is -2.06. The van der Waals surface area contributed by atoms with E-state index in [-0.39, 0.29) is 18.2 Å². The summed E-state index contributed by atoms with van der Waals surface area (Å²) in [5.41, 5.74) is 2.73. The summed E-state index contributed by atoms with van der Waals surface area (Å²) in [5, 5.41) is 11.5. The SMILES string of the molecule is Cc1ccc(NC(=O)c2cnccn2)cc1C#CCCO. The fourth-order valence-corrected chi connectivity index (χ4v) is 1.66. The minimum Gasteiger partial charge on any atom is -0.395 e. The van der Waals surface area contributed by atoms with Crippen LogP contribution in [0.15, 0.2) is 36.8 Å². The summed E-state index contributed by atoms with van der Waals surface area (Å²) >= 11 is 0. The van der Waals surface area contributed by atoms with E-state index in [0.29, 0.717) is 12.1 Å². The van der Waals surface area contributed by atoms with Crippen molar-refractivity contribution in [2.45, 2.75) is 13.3 Å². The van der Waals surface area contributed by atoms with E-state index in [1.165, 1.54) is 18.6 Å². The molecule has 0 radical (unpaired) electrons. The lowest BCUT2D eigenvalue weighted by molar-refractivity contribution is 0.102. The van der Waals surface area contributed by atoms with Crippen molar-refractivity contribution in [1.29, 1.82) is 0 Å². The second kappa shape index (κ2) is 7.17. The van der Waals surface area contributed by atoms with Gasteiger partial charge in [0.05, 0.1) is 12.8 Å². The van der Waals surface area contributed by atoms with Gasteiger partial charge in [0.2, 0.25) is 0 Å². The molecule has 2 N–H and O–H groups in total. The summed E-state index contributed by atoms with van der Waals surface area (Å²) in [5.74, 6) is 5.53. The number of benzene rings is 1. The summed E-state index contributed by atoms with van der Waals surface area (Å²) < 4.78 is 0. The number of aryl methyl sites for hydroxylation is 1. The zero-order chi connectivity index (χ0) is 15.1. The molecule has 0 aliphatic rings. The van der Waals surface area contributed by atoms with Crippen molar-refractivity contribution in [3.63, 3.8) is 0 Å². The first-order valence-corrected chi connectivity index (χ1v) is 6.48. The molecule has 106 valence electrons. The van der Waals surface area contributed by atoms with Gasteiger partial charge in [-0.3, -0.25) is 9.78 Å². The summed E-state index contributed by atoms with van der Waals surface area (Å²) in [4.78, 5) is 19.8. The van der Waals surface area contributed by atoms with E-state index in [2.05, 4.69) is 27.1 Å². The Kier molecular flexibility index (Phi) is 5.02. The van der Waals surface area contributed by atoms with Gasteiger partial charge < -0.3 is 10.4 Å². The third kappa shape index (κ3) is 4.13. The van der Waals surface area contributed by atoms with Crippen molar-refractivity contribution in [2.24, 2.45) is 0 Å². The summed E-state index contributed by atoms with van der Waals surface area (Å²) in [6.07, 6.45) is 4.81. The van der Waals surface area contributed by atoms with Gasteiger partial charge >= 0.3 is 0 Å². The van der Waals surface area contributed by atoms with E-state index in [1.54, 1.807) is 12.1 Å². The highest BCUT2D eigenvalue weighted by molar-refractivity contribution is 6.02. The minimum absolute atomic E-state index is 0.0369. The predicted octanol–water partition coefficient (Wildman–Crippen LogP) is 1.77. The molecule has 1 aromatic carbocycles. The van der Waals surface area contributed by atoms with E-state index in [9.17, 15) is 4.79 Å². The number of nitrogens with zero attached hydrogens (tertiary/aromatic N) is 2. The molecule has 1 amide bonds. The third-order valence-corrected chi connectivity index (χ3v) is 2.75. The Balaban J connectivity index is 2.16. The molecule has 0 saturated carbocycles. The molecule has 0 unspecified atom stereocenters. The van der Waals surface area contributed by atoms with Crippen LogP contribution in [0.25, 0.3) is 0 Å². The van der Waals surface area contributed by atoms with Crippen LogP contribution in [-0.4, -0.2) is 27.6 Å². The van der Waals surface area contributed by atoms with Gasteiger partial charge in [0, 0.05) is 30.1 Å². The monoisotopic (exact) mass is 281 g/mol. The molecule has 0 saturated heterocycles. The standard InChI is InChI=1S/C16H15N3O2/c1-12-5-6-14(10-13(12)4-2-3-9-20)19-16(21)15-11-17-7-8-18-15/h5-8,10-11,20H,3,9H2,1H3,(H,19,21). The zero-order valence-electron chi connectivity index (χ0n) is 11.6. The van der Waals surface area contributed by atoms with Crippen molar-refractivity contribution in [3.05, 3.63) is 53.6 Å². The highest BCUT2D eigenvalue weighted by Gasteiger charge is 2.08. The Morgan fingerprint density at radius 1 is 1.38 bits per heavy atom. The Bertz CT molecular complexity index is 688. The molecule has 2 aromatic rings. The van der Waals surface area contributed by atoms with Gasteiger partial charge in [-0.15, -0.1) is 0 Å². The van der Waals surface area contributed by atoms with Crippen molar-refractivity contribution < 1.29 is 9.90 Å². The fourth-order valence-electron chi connectivity index (χ4n) is 1.66. The Hall–Kier alpha value is -2.71. The maximum absolute atomic E-state index is 12.0. The molecule has 0 bridgehead atoms. The van der Waals surface area contributed by atoms with Crippen molar-refractivity contribution in [2.75, 3.05) is 11.9 Å². The number of hydrogen-bond acceptors (Lipinski definition) is 4. The molecule has 0 aliphatic heterocycles. The molecule has 1 aromatic heterocycles. The minimum atomic E-state index is -0.318. The Morgan fingerprint density at radius 3 is 2.95 bits per heavy atom. The normalized spacial score (nSPS) is 9.62. The van der Waals surface area contributed by atoms with Crippen LogP contribution in [0.5, 0.6) is 0 Å². The first-order valence-electron chi connectivity index (χ1n) is 6.48. The van der Waals surface area contributed by atoms with Crippen LogP contribution < -0.4 is 5.32 Å². The molecule has 0 atom stereocenters. The second-order valence-electron chi connectivity index (χ2n) is 4.35. The van der Waals surface area contributed by atoms with Gasteiger partial charge in [-0.25, -0.2) is 4.98 Å². The van der Waals surface area contributed by atoms with E-state index in [1.807, 2.05) is 13.0 Å². The average molecular weight is 281 g/mol. The number of amides is 1. The van der Waals surface area contributed by atoms with E-state index >= 15 is 0 Å². The van der Waals surface area contributed by atoms with Gasteiger partial charge in [-0.2, -0.15) is 0 Å². The predicted molar refractivity (Wildman–Crippen MR) is 79.7 cm³/mol. The fraction of sp³-hybridized carbons (Fsp3) is 0.188. The lowest BCUT2D eigenvalue weighted by atomic mass is 10.1. The van der Waals surface area contributed by atoms with Crippen LogP contribution in [0.4, 0.5) is 5.69 Å². The van der Waals surface area contributed by atoms with Crippen LogP contribution in [0.3, 0.4) is 0 Å². The van der Waals surface area contributed by atoms with Gasteiger partial charge in [-0.1, -0.05) is 17.9 Å². The van der Waals surface area contributed by atoms with Crippen LogP contribution in [-0.2, 0) is 0 Å². The summed E-state index contributed by atoms with van der Waals surface area (Å²) in [6.45, 7) is 1.98. The largest absolute Gasteiger partial charge is 0.395 e. The molecular formula is C16H15N3O2. The van der Waals surface area contributed by atoms with Crippen LogP contribution in [0, 0.1) is 18.8 Å². The first kappa shape index (κ1) is 14.7. The van der Waals surface area contributed by atoms with Crippen molar-refractivity contribution >= 4 is 11.6 Å². The smallest absolute Gasteiger partial charge is 0.275 e. The third-order valence-electron chi connectivity index (χ3n) is 2.75. The molecule has 1 heterocycles. The summed E-state index contributed by atoms with van der Waals surface area (Å²) in [6, 6.07) is 5.49. The van der Waals surface area contributed by atoms with Gasteiger partial charge in [0.1, 0.15) is 5.69 Å². The number of carbonyl (C=O) groups excluding carboxylic acids is 1. The van der Waals surface area contributed by atoms with Gasteiger partial charge in [-0.05, 0) is 24.6 Å². The maximum atomic E-state index is 12.0. The number of aliphatic hydroxyl groups is 1. The Labute approximate surface area is 123 Å². The van der Waals surface area contributed by atoms with Gasteiger partial charge in [0.25, 0.3) is 5.91 Å². The lowest BCUT2D eigenvalue weighted by Crippen LogP contribution is -2.13. The average Bonchev–Trinajstić information content (AvgIpc) is 2.51. The highest BCUT2D eigenvalue weighted by Crippen LogP contribution is 2.15. The number of hydrogen-bond donors (Lipinski definition) is 2. The van der Waals surface area contributed by atoms with Crippen LogP contribution in [0.1, 0.15) is 28.0 Å². The van der Waals surface area contributed by atoms with Crippen LogP contribution >= 0.6 is 0 Å². The topological polar surface area (TPSA) is 75.1 Å². The van der Waals surface area contributed by atoms with Crippen molar-refractivity contribution in [1.82, 2.24) is 9.97 Å². The molecule has 5 heteroatoms. The number of aliphatic hydroxyl groups excluding tert-OH is 1. The number of anilines is 1. The highest BCUT2D eigenvalue weighted by atomic mass is 16.2. The number of nitrogens with one attached hydrogen (secondary N) is 1. The van der Waals surface area contributed by atoms with Gasteiger partial charge in [0.15, 0.2) is 0 Å². The van der Waals surface area contributed by atoms with Crippen LogP contribution in [0.2, 0.25) is 0 Å². The molecule has 0 fully saturated rings. The zero-order valence-corrected chi connectivity index (χ0v) is 11.6. The van der Waals surface area contributed by atoms with E-state index in [0.717, 1.165) is 11.1 Å². The Morgan fingerprint density at radius 2 is 2.24 bits per heavy atom. The number of aromatic nitrogens is 2. The molecule has 21 heavy (non-hydrogen) atoms. The quantitative estimate of drug-likeness (QED) is 0.841. The molecule has 0 aliphatic carbocycles. The number of rotatable bonds is 3. The second-order valence-corrected chi connectivity index (χ2v) is 4.35. The molecule has 0 spiro atoms. The number of carbonyl (C=O) groups is 1. The maximum Gasteiger partial charge on any atom is 0.275 e. The molecule has 2 rings (SSSR count). The first-order chi connectivity index (χ1) is 10.2. The molecular weight excluding hydrogens is 266 g/mol. The summed E-state index contributed by atoms with van der Waals surface area (Å²) in [7, 11) is 0.